The summed E-state index contributed by atoms with van der Waals surface area (Å²) in [5.74, 6) is 0. The summed E-state index contributed by atoms with van der Waals surface area (Å²) in [7, 11) is 4.14. The quantitative estimate of drug-likeness (QED) is 0.814. The molecule has 21 heavy (non-hydrogen) atoms. The fraction of sp³-hybridized carbons (Fsp3) is 0.688. The number of likely N-dealkylation sites (tertiary alicyclic amines) is 1. The summed E-state index contributed by atoms with van der Waals surface area (Å²) in [6, 6.07) is 6.38. The van der Waals surface area contributed by atoms with Crippen LogP contribution in [0.4, 0.5) is 0 Å². The van der Waals surface area contributed by atoms with Gasteiger partial charge in [-0.15, -0.1) is 0 Å². The molecule has 3 N–H and O–H groups in total. The summed E-state index contributed by atoms with van der Waals surface area (Å²) in [4.78, 5) is 9.03. The van der Waals surface area contributed by atoms with Crippen LogP contribution >= 0.6 is 0 Å². The van der Waals surface area contributed by atoms with Crippen LogP contribution in [0.15, 0.2) is 24.4 Å². The van der Waals surface area contributed by atoms with Gasteiger partial charge in [-0.3, -0.25) is 9.88 Å². The van der Waals surface area contributed by atoms with Gasteiger partial charge in [-0.25, -0.2) is 0 Å². The van der Waals surface area contributed by atoms with Crippen molar-refractivity contribution >= 4 is 0 Å². The van der Waals surface area contributed by atoms with Crippen molar-refractivity contribution in [3.05, 3.63) is 30.1 Å². The van der Waals surface area contributed by atoms with E-state index in [1.54, 1.807) is 0 Å². The summed E-state index contributed by atoms with van der Waals surface area (Å²) in [5, 5.41) is 10.1. The second kappa shape index (κ2) is 7.31. The van der Waals surface area contributed by atoms with E-state index in [2.05, 4.69) is 35.8 Å². The Balaban J connectivity index is 2.26. The van der Waals surface area contributed by atoms with Gasteiger partial charge in [0.25, 0.3) is 0 Å². The van der Waals surface area contributed by atoms with Crippen LogP contribution in [0, 0.1) is 0 Å². The molecule has 1 fully saturated rings. The fourth-order valence-corrected chi connectivity index (χ4v) is 3.27. The number of hydrogen-bond donors (Lipinski definition) is 2. The minimum atomic E-state index is -0.273. The molecule has 0 aliphatic carbocycles. The van der Waals surface area contributed by atoms with E-state index in [1.807, 2.05) is 24.4 Å². The number of aliphatic hydroxyl groups excluding tert-OH is 1. The first kappa shape index (κ1) is 16.4. The number of nitrogens with two attached hydrogens (primary N) is 1. The molecule has 2 heterocycles. The summed E-state index contributed by atoms with van der Waals surface area (Å²) in [5.41, 5.74) is 7.39. The first-order chi connectivity index (χ1) is 10.0. The Bertz CT molecular complexity index is 426. The second-order valence-electron chi connectivity index (χ2n) is 6.27. The SMILES string of the molecule is CCC(N)C(c1ccccn1)N1CC(O)CC1CN(C)C. The summed E-state index contributed by atoms with van der Waals surface area (Å²) < 4.78 is 0. The Morgan fingerprint density at radius 2 is 2.24 bits per heavy atom. The maximum Gasteiger partial charge on any atom is 0.0682 e. The van der Waals surface area contributed by atoms with Gasteiger partial charge in [0.2, 0.25) is 0 Å². The zero-order valence-electron chi connectivity index (χ0n) is 13.3. The molecule has 118 valence electrons. The molecular weight excluding hydrogens is 264 g/mol. The maximum atomic E-state index is 10.1. The van der Waals surface area contributed by atoms with E-state index >= 15 is 0 Å². The summed E-state index contributed by atoms with van der Waals surface area (Å²) in [6.45, 7) is 3.71. The highest BCUT2D eigenvalue weighted by Gasteiger charge is 2.38. The lowest BCUT2D eigenvalue weighted by Gasteiger charge is -2.36. The largest absolute Gasteiger partial charge is 0.392 e. The number of nitrogens with zero attached hydrogens (tertiary/aromatic N) is 3. The number of aliphatic hydroxyl groups is 1. The molecule has 0 radical (unpaired) electrons. The predicted molar refractivity (Wildman–Crippen MR) is 84.9 cm³/mol. The third kappa shape index (κ3) is 4.01. The van der Waals surface area contributed by atoms with Gasteiger partial charge in [-0.2, -0.15) is 0 Å². The van der Waals surface area contributed by atoms with Crippen LogP contribution in [0.25, 0.3) is 0 Å². The zero-order chi connectivity index (χ0) is 15.4. The van der Waals surface area contributed by atoms with Gasteiger partial charge < -0.3 is 15.7 Å². The van der Waals surface area contributed by atoms with Crippen LogP contribution in [-0.2, 0) is 0 Å². The molecule has 0 bridgehead atoms. The third-order valence-electron chi connectivity index (χ3n) is 4.24. The molecule has 1 aliphatic rings. The van der Waals surface area contributed by atoms with E-state index in [0.29, 0.717) is 12.6 Å². The van der Waals surface area contributed by atoms with Gasteiger partial charge >= 0.3 is 0 Å². The van der Waals surface area contributed by atoms with Gasteiger partial charge in [0.15, 0.2) is 0 Å². The van der Waals surface area contributed by atoms with E-state index in [1.165, 1.54) is 0 Å². The maximum absolute atomic E-state index is 10.1. The molecule has 4 atom stereocenters. The predicted octanol–water partition coefficient (Wildman–Crippen LogP) is 0.857. The monoisotopic (exact) mass is 292 g/mol. The Labute approximate surface area is 127 Å². The van der Waals surface area contributed by atoms with Crippen molar-refractivity contribution in [1.29, 1.82) is 0 Å². The normalized spacial score (nSPS) is 26.2. The molecule has 0 spiro atoms. The number of hydrogen-bond acceptors (Lipinski definition) is 5. The Morgan fingerprint density at radius 1 is 1.48 bits per heavy atom. The Hall–Kier alpha value is -1.01. The van der Waals surface area contributed by atoms with Crippen molar-refractivity contribution < 1.29 is 5.11 Å². The van der Waals surface area contributed by atoms with E-state index < -0.39 is 0 Å². The van der Waals surface area contributed by atoms with Crippen molar-refractivity contribution in [2.75, 3.05) is 27.2 Å². The molecule has 1 aromatic rings. The highest BCUT2D eigenvalue weighted by atomic mass is 16.3. The number of rotatable bonds is 6. The molecule has 0 amide bonds. The van der Waals surface area contributed by atoms with Crippen LogP contribution in [0.5, 0.6) is 0 Å². The van der Waals surface area contributed by atoms with E-state index in [4.69, 9.17) is 5.73 Å². The van der Waals surface area contributed by atoms with Crippen molar-refractivity contribution in [2.24, 2.45) is 5.73 Å². The molecule has 0 aromatic carbocycles. The average molecular weight is 292 g/mol. The molecule has 4 unspecified atom stereocenters. The van der Waals surface area contributed by atoms with Crippen molar-refractivity contribution in [3.63, 3.8) is 0 Å². The lowest BCUT2D eigenvalue weighted by Crippen LogP contribution is -2.46. The average Bonchev–Trinajstić information content (AvgIpc) is 2.80. The summed E-state index contributed by atoms with van der Waals surface area (Å²) in [6.07, 6.45) is 3.24. The number of β-amino-alcohol motifs (C(OH)–C–C–N with tert-alkyl or cyclic N) is 1. The van der Waals surface area contributed by atoms with Gasteiger partial charge in [0.05, 0.1) is 17.8 Å². The first-order valence-electron chi connectivity index (χ1n) is 7.78. The molecule has 5 heteroatoms. The summed E-state index contributed by atoms with van der Waals surface area (Å²) >= 11 is 0. The van der Waals surface area contributed by atoms with Gasteiger partial charge in [0, 0.05) is 31.4 Å². The second-order valence-corrected chi connectivity index (χ2v) is 6.27. The third-order valence-corrected chi connectivity index (χ3v) is 4.24. The standard InChI is InChI=1S/C16H28N4O/c1-4-14(17)16(15-7-5-6-8-18-15)20-11-13(21)9-12(20)10-19(2)3/h5-8,12-14,16,21H,4,9-11,17H2,1-3H3. The molecule has 2 rings (SSSR count). The van der Waals surface area contributed by atoms with Crippen LogP contribution in [0.1, 0.15) is 31.5 Å². The van der Waals surface area contributed by atoms with Crippen LogP contribution in [0.3, 0.4) is 0 Å². The zero-order valence-corrected chi connectivity index (χ0v) is 13.3. The Kier molecular flexibility index (Phi) is 5.70. The number of pyridine rings is 1. The highest BCUT2D eigenvalue weighted by Crippen LogP contribution is 2.31. The van der Waals surface area contributed by atoms with E-state index in [9.17, 15) is 5.11 Å². The smallest absolute Gasteiger partial charge is 0.0682 e. The first-order valence-corrected chi connectivity index (χ1v) is 7.78. The molecule has 1 aliphatic heterocycles. The molecule has 0 saturated carbocycles. The lowest BCUT2D eigenvalue weighted by atomic mass is 9.99. The van der Waals surface area contributed by atoms with Crippen molar-refractivity contribution in [3.8, 4) is 0 Å². The minimum absolute atomic E-state index is 0.0230. The fourth-order valence-electron chi connectivity index (χ4n) is 3.27. The minimum Gasteiger partial charge on any atom is -0.392 e. The number of likely N-dealkylation sites (N-methyl/N-ethyl adjacent to an activating group) is 1. The Morgan fingerprint density at radius 3 is 2.81 bits per heavy atom. The van der Waals surface area contributed by atoms with Crippen LogP contribution < -0.4 is 5.73 Å². The topological polar surface area (TPSA) is 65.6 Å². The van der Waals surface area contributed by atoms with E-state index in [-0.39, 0.29) is 18.2 Å². The molecular formula is C16H28N4O. The highest BCUT2D eigenvalue weighted by molar-refractivity contribution is 5.13. The van der Waals surface area contributed by atoms with Gasteiger partial charge in [-0.1, -0.05) is 13.0 Å². The van der Waals surface area contributed by atoms with Crippen LogP contribution in [0.2, 0.25) is 0 Å². The molecule has 1 aromatic heterocycles. The lowest BCUT2D eigenvalue weighted by molar-refractivity contribution is 0.116. The van der Waals surface area contributed by atoms with E-state index in [0.717, 1.165) is 25.1 Å². The van der Waals surface area contributed by atoms with Crippen molar-refractivity contribution in [1.82, 2.24) is 14.8 Å². The van der Waals surface area contributed by atoms with Gasteiger partial charge in [-0.05, 0) is 39.1 Å². The van der Waals surface area contributed by atoms with Crippen LogP contribution in [-0.4, -0.2) is 65.3 Å². The van der Waals surface area contributed by atoms with Crippen molar-refractivity contribution in [2.45, 2.75) is 44.0 Å². The van der Waals surface area contributed by atoms with Gasteiger partial charge in [0.1, 0.15) is 0 Å². The molecule has 1 saturated heterocycles. The number of aromatic nitrogens is 1. The molecule has 5 nitrogen and oxygen atoms in total.